The first kappa shape index (κ1) is 17.0. The van der Waals surface area contributed by atoms with E-state index in [-0.39, 0.29) is 25.2 Å². The van der Waals surface area contributed by atoms with Crippen LogP contribution in [0.2, 0.25) is 5.02 Å². The molecule has 0 aromatic heterocycles. The van der Waals surface area contributed by atoms with E-state index in [0.717, 1.165) is 5.56 Å². The fraction of sp³-hybridized carbons (Fsp3) is 0.333. The van der Waals surface area contributed by atoms with Crippen molar-refractivity contribution in [3.8, 4) is 0 Å². The normalized spacial score (nSPS) is 11.6. The van der Waals surface area contributed by atoms with Crippen LogP contribution in [0, 0.1) is 0 Å². The minimum absolute atomic E-state index is 0.183. The first-order valence-electron chi connectivity index (χ1n) is 6.46. The van der Waals surface area contributed by atoms with Crippen molar-refractivity contribution in [3.05, 3.63) is 47.5 Å². The van der Waals surface area contributed by atoms with Gasteiger partial charge < -0.3 is 14.9 Å². The number of hydrogen-bond donors (Lipinski definition) is 1. The maximum atomic E-state index is 12.4. The molecule has 0 aliphatic heterocycles. The zero-order valence-corrected chi connectivity index (χ0v) is 12.9. The zero-order valence-electron chi connectivity index (χ0n) is 12.1. The van der Waals surface area contributed by atoms with Crippen LogP contribution < -0.4 is 0 Å². The van der Waals surface area contributed by atoms with Crippen LogP contribution in [-0.4, -0.2) is 47.0 Å². The lowest BCUT2D eigenvalue weighted by Crippen LogP contribution is -2.44. The van der Waals surface area contributed by atoms with Crippen molar-refractivity contribution in [1.82, 2.24) is 9.80 Å². The summed E-state index contributed by atoms with van der Waals surface area (Å²) in [6, 6.07) is 6.63. The van der Waals surface area contributed by atoms with Crippen molar-refractivity contribution in [2.45, 2.75) is 13.0 Å². The van der Waals surface area contributed by atoms with Crippen molar-refractivity contribution in [3.63, 3.8) is 0 Å². The van der Waals surface area contributed by atoms with Gasteiger partial charge in [0.15, 0.2) is 0 Å². The number of nitrogens with zero attached hydrogens (tertiary/aromatic N) is 2. The Morgan fingerprint density at radius 3 is 2.43 bits per heavy atom. The van der Waals surface area contributed by atoms with Gasteiger partial charge in [-0.25, -0.2) is 4.79 Å². The second-order valence-corrected chi connectivity index (χ2v) is 5.12. The van der Waals surface area contributed by atoms with Crippen molar-refractivity contribution >= 4 is 23.6 Å². The van der Waals surface area contributed by atoms with Gasteiger partial charge in [0, 0.05) is 18.6 Å². The molecule has 0 aliphatic carbocycles. The van der Waals surface area contributed by atoms with Crippen molar-refractivity contribution in [2.75, 3.05) is 20.1 Å². The lowest BCUT2D eigenvalue weighted by molar-refractivity contribution is -0.137. The van der Waals surface area contributed by atoms with E-state index < -0.39 is 5.97 Å². The third kappa shape index (κ3) is 4.79. The molecule has 6 heteroatoms. The zero-order chi connectivity index (χ0) is 16.0. The molecule has 2 amide bonds. The van der Waals surface area contributed by atoms with E-state index in [9.17, 15) is 9.59 Å². The molecular weight excluding hydrogens is 292 g/mol. The number of benzene rings is 1. The summed E-state index contributed by atoms with van der Waals surface area (Å²) in [6.45, 7) is 5.24. The Kier molecular flexibility index (Phi) is 6.24. The number of carbonyl (C=O) groups excluding carboxylic acids is 1. The molecule has 1 atom stereocenters. The topological polar surface area (TPSA) is 60.9 Å². The fourth-order valence-corrected chi connectivity index (χ4v) is 2.01. The molecule has 5 nitrogen and oxygen atoms in total. The fourth-order valence-electron chi connectivity index (χ4n) is 1.88. The van der Waals surface area contributed by atoms with Crippen molar-refractivity contribution in [2.24, 2.45) is 0 Å². The van der Waals surface area contributed by atoms with Crippen LogP contribution in [0.5, 0.6) is 0 Å². The number of hydrogen-bond acceptors (Lipinski definition) is 2. The largest absolute Gasteiger partial charge is 0.480 e. The molecule has 0 heterocycles. The number of carboxylic acids is 1. The summed E-state index contributed by atoms with van der Waals surface area (Å²) < 4.78 is 0. The number of amides is 2. The summed E-state index contributed by atoms with van der Waals surface area (Å²) >= 11 is 5.84. The van der Waals surface area contributed by atoms with E-state index in [1.807, 2.05) is 19.1 Å². The average Bonchev–Trinajstić information content (AvgIpc) is 2.45. The summed E-state index contributed by atoms with van der Waals surface area (Å²) in [5.74, 6) is -1.06. The minimum atomic E-state index is -1.06. The van der Waals surface area contributed by atoms with E-state index in [1.54, 1.807) is 19.2 Å². The van der Waals surface area contributed by atoms with Crippen molar-refractivity contribution in [1.29, 1.82) is 0 Å². The van der Waals surface area contributed by atoms with E-state index in [1.165, 1.54) is 15.9 Å². The highest BCUT2D eigenvalue weighted by Crippen LogP contribution is 2.21. The number of carboxylic acid groups (broad SMARTS) is 1. The van der Waals surface area contributed by atoms with Gasteiger partial charge >= 0.3 is 12.0 Å². The maximum absolute atomic E-state index is 12.4. The number of rotatable bonds is 6. The average molecular weight is 311 g/mol. The van der Waals surface area contributed by atoms with E-state index in [2.05, 4.69) is 6.58 Å². The molecule has 0 fully saturated rings. The smallest absolute Gasteiger partial charge is 0.323 e. The molecule has 1 aromatic rings. The molecule has 0 saturated heterocycles. The lowest BCUT2D eigenvalue weighted by Gasteiger charge is -2.30. The van der Waals surface area contributed by atoms with Crippen LogP contribution >= 0.6 is 11.6 Å². The van der Waals surface area contributed by atoms with Crippen molar-refractivity contribution < 1.29 is 14.7 Å². The predicted octanol–water partition coefficient (Wildman–Crippen LogP) is 3.03. The van der Waals surface area contributed by atoms with Gasteiger partial charge in [0.1, 0.15) is 6.54 Å². The monoisotopic (exact) mass is 310 g/mol. The second-order valence-electron chi connectivity index (χ2n) is 4.68. The van der Waals surface area contributed by atoms with Crippen LogP contribution in [-0.2, 0) is 4.79 Å². The minimum Gasteiger partial charge on any atom is -0.480 e. The first-order chi connectivity index (χ1) is 9.86. The number of halogens is 1. The predicted molar refractivity (Wildman–Crippen MR) is 82.4 cm³/mol. The molecule has 21 heavy (non-hydrogen) atoms. The Morgan fingerprint density at radius 2 is 1.95 bits per heavy atom. The summed E-state index contributed by atoms with van der Waals surface area (Å²) in [6.07, 6.45) is 1.50. The van der Waals surface area contributed by atoms with Gasteiger partial charge in [-0.2, -0.15) is 0 Å². The number of urea groups is 1. The molecule has 0 aliphatic rings. The second kappa shape index (κ2) is 7.69. The Bertz CT molecular complexity index is 516. The molecule has 1 unspecified atom stereocenters. The number of carbonyl (C=O) groups is 2. The first-order valence-corrected chi connectivity index (χ1v) is 6.84. The molecule has 0 spiro atoms. The van der Waals surface area contributed by atoms with Gasteiger partial charge in [0.25, 0.3) is 0 Å². The number of aliphatic carboxylic acids is 1. The van der Waals surface area contributed by atoms with Gasteiger partial charge in [-0.1, -0.05) is 29.8 Å². The quantitative estimate of drug-likeness (QED) is 0.822. The molecule has 0 bridgehead atoms. The molecule has 114 valence electrons. The summed E-state index contributed by atoms with van der Waals surface area (Å²) in [7, 11) is 1.64. The van der Waals surface area contributed by atoms with Crippen LogP contribution in [0.4, 0.5) is 4.79 Å². The van der Waals surface area contributed by atoms with Crippen LogP contribution in [0.25, 0.3) is 0 Å². The molecule has 0 saturated carbocycles. The third-order valence-corrected chi connectivity index (χ3v) is 3.43. The Balaban J connectivity index is 2.85. The van der Waals surface area contributed by atoms with Gasteiger partial charge in [-0.05, 0) is 24.6 Å². The Hall–Kier alpha value is -2.01. The molecular formula is C15H19ClN2O3. The highest BCUT2D eigenvalue weighted by molar-refractivity contribution is 6.30. The SMILES string of the molecule is C=CCN(CC(=O)O)C(=O)N(C)C(C)c1ccc(Cl)cc1. The summed E-state index contributed by atoms with van der Waals surface area (Å²) in [5, 5.41) is 9.49. The molecule has 0 radical (unpaired) electrons. The Labute approximate surface area is 129 Å². The maximum Gasteiger partial charge on any atom is 0.323 e. The molecule has 1 N–H and O–H groups in total. The standard InChI is InChI=1S/C15H19ClN2O3/c1-4-9-18(10-14(19)20)15(21)17(3)11(2)12-5-7-13(16)8-6-12/h4-8,11H,1,9-10H2,2-3H3,(H,19,20). The summed E-state index contributed by atoms with van der Waals surface area (Å²) in [5.41, 5.74) is 0.920. The van der Waals surface area contributed by atoms with Gasteiger partial charge in [-0.15, -0.1) is 6.58 Å². The van der Waals surface area contributed by atoms with Gasteiger partial charge in [0.05, 0.1) is 6.04 Å². The molecule has 1 rings (SSSR count). The lowest BCUT2D eigenvalue weighted by atomic mass is 10.1. The van der Waals surface area contributed by atoms with Gasteiger partial charge in [0.2, 0.25) is 0 Å². The highest BCUT2D eigenvalue weighted by Gasteiger charge is 2.23. The van der Waals surface area contributed by atoms with Crippen LogP contribution in [0.3, 0.4) is 0 Å². The van der Waals surface area contributed by atoms with Gasteiger partial charge in [-0.3, -0.25) is 4.79 Å². The van der Waals surface area contributed by atoms with Crippen LogP contribution in [0.15, 0.2) is 36.9 Å². The Morgan fingerprint density at radius 1 is 1.38 bits per heavy atom. The summed E-state index contributed by atoms with van der Waals surface area (Å²) in [4.78, 5) is 25.9. The molecule has 1 aromatic carbocycles. The van der Waals surface area contributed by atoms with E-state index in [0.29, 0.717) is 5.02 Å². The third-order valence-electron chi connectivity index (χ3n) is 3.18. The van der Waals surface area contributed by atoms with E-state index in [4.69, 9.17) is 16.7 Å². The van der Waals surface area contributed by atoms with Crippen LogP contribution in [0.1, 0.15) is 18.5 Å². The highest BCUT2D eigenvalue weighted by atomic mass is 35.5. The van der Waals surface area contributed by atoms with E-state index >= 15 is 0 Å².